The third kappa shape index (κ3) is 5.00. The molecule has 7 nitrogen and oxygen atoms in total. The van der Waals surface area contributed by atoms with Crippen LogP contribution in [0.25, 0.3) is 0 Å². The Kier molecular flexibility index (Phi) is 6.13. The zero-order valence-electron chi connectivity index (χ0n) is 17.0. The number of benzene rings is 1. The van der Waals surface area contributed by atoms with Crippen molar-refractivity contribution in [3.63, 3.8) is 0 Å². The lowest BCUT2D eigenvalue weighted by molar-refractivity contribution is 0.200. The van der Waals surface area contributed by atoms with Gasteiger partial charge in [0.2, 0.25) is 0 Å². The second kappa shape index (κ2) is 8.73. The number of amides is 2. The molecule has 0 saturated carbocycles. The number of rotatable bonds is 7. The fourth-order valence-corrected chi connectivity index (χ4v) is 3.19. The quantitative estimate of drug-likeness (QED) is 0.685. The maximum absolute atomic E-state index is 12.6. The topological polar surface area (TPSA) is 68.0 Å². The molecule has 0 spiro atoms. The highest BCUT2D eigenvalue weighted by atomic mass is 16.2. The van der Waals surface area contributed by atoms with Gasteiger partial charge in [0.1, 0.15) is 5.82 Å². The van der Waals surface area contributed by atoms with E-state index in [-0.39, 0.29) is 12.1 Å². The Bertz CT molecular complexity index is 914. The van der Waals surface area contributed by atoms with E-state index in [4.69, 9.17) is 0 Å². The smallest absolute Gasteiger partial charge is 0.317 e. The van der Waals surface area contributed by atoms with Crippen LogP contribution in [0.1, 0.15) is 29.7 Å². The number of nitrogens with zero attached hydrogens (tertiary/aromatic N) is 5. The summed E-state index contributed by atoms with van der Waals surface area (Å²) in [6.45, 7) is 7.80. The fourth-order valence-electron chi connectivity index (χ4n) is 3.19. The zero-order chi connectivity index (χ0) is 20.1. The van der Waals surface area contributed by atoms with Gasteiger partial charge in [-0.1, -0.05) is 30.3 Å². The van der Waals surface area contributed by atoms with Crippen LogP contribution >= 0.6 is 0 Å². The predicted octanol–water partition coefficient (Wildman–Crippen LogP) is 2.97. The lowest BCUT2D eigenvalue weighted by Crippen LogP contribution is -2.43. The number of aromatic nitrogens is 4. The van der Waals surface area contributed by atoms with Crippen molar-refractivity contribution in [2.45, 2.75) is 46.4 Å². The van der Waals surface area contributed by atoms with Crippen molar-refractivity contribution < 1.29 is 4.79 Å². The number of hydrogen-bond acceptors (Lipinski definition) is 3. The maximum Gasteiger partial charge on any atom is 0.317 e. The first-order valence-electron chi connectivity index (χ1n) is 9.49. The summed E-state index contributed by atoms with van der Waals surface area (Å²) in [5.41, 5.74) is 3.28. The molecule has 0 fully saturated rings. The Morgan fingerprint density at radius 1 is 1.25 bits per heavy atom. The molecule has 0 unspecified atom stereocenters. The molecule has 0 aliphatic carbocycles. The largest absolute Gasteiger partial charge is 0.334 e. The van der Waals surface area contributed by atoms with E-state index in [0.29, 0.717) is 13.1 Å². The number of aryl methyl sites for hydroxylation is 2. The van der Waals surface area contributed by atoms with Gasteiger partial charge in [-0.05, 0) is 32.4 Å². The Morgan fingerprint density at radius 2 is 2.00 bits per heavy atom. The monoisotopic (exact) mass is 380 g/mol. The first-order valence-corrected chi connectivity index (χ1v) is 9.49. The van der Waals surface area contributed by atoms with E-state index in [1.54, 1.807) is 18.1 Å². The summed E-state index contributed by atoms with van der Waals surface area (Å²) in [5, 5.41) is 7.49. The molecule has 28 heavy (non-hydrogen) atoms. The van der Waals surface area contributed by atoms with Gasteiger partial charge < -0.3 is 14.8 Å². The van der Waals surface area contributed by atoms with Crippen LogP contribution in [-0.2, 0) is 19.6 Å². The van der Waals surface area contributed by atoms with Crippen molar-refractivity contribution in [1.29, 1.82) is 0 Å². The van der Waals surface area contributed by atoms with Crippen LogP contribution < -0.4 is 5.32 Å². The highest BCUT2D eigenvalue weighted by Crippen LogP contribution is 2.08. The summed E-state index contributed by atoms with van der Waals surface area (Å²) < 4.78 is 3.99. The van der Waals surface area contributed by atoms with Crippen molar-refractivity contribution in [3.05, 3.63) is 71.6 Å². The van der Waals surface area contributed by atoms with Crippen molar-refractivity contribution >= 4 is 6.03 Å². The maximum atomic E-state index is 12.6. The van der Waals surface area contributed by atoms with E-state index in [1.807, 2.05) is 55.9 Å². The normalized spacial score (nSPS) is 12.0. The fraction of sp³-hybridized carbons (Fsp3) is 0.381. The van der Waals surface area contributed by atoms with E-state index < -0.39 is 0 Å². The summed E-state index contributed by atoms with van der Waals surface area (Å²) in [5.74, 6) is 0.854. The molecule has 0 aliphatic heterocycles. The number of imidazole rings is 1. The second-order valence-electron chi connectivity index (χ2n) is 7.27. The van der Waals surface area contributed by atoms with Crippen molar-refractivity contribution in [2.24, 2.45) is 0 Å². The molecule has 3 rings (SSSR count). The zero-order valence-corrected chi connectivity index (χ0v) is 17.0. The molecule has 1 N–H and O–H groups in total. The number of hydrogen-bond donors (Lipinski definition) is 1. The van der Waals surface area contributed by atoms with Gasteiger partial charge in [0, 0.05) is 37.7 Å². The average molecular weight is 380 g/mol. The van der Waals surface area contributed by atoms with E-state index in [9.17, 15) is 4.79 Å². The Hall–Kier alpha value is -3.09. The molecule has 148 valence electrons. The summed E-state index contributed by atoms with van der Waals surface area (Å²) in [7, 11) is 1.78. The van der Waals surface area contributed by atoms with Crippen LogP contribution in [0, 0.1) is 13.8 Å². The molecule has 7 heteroatoms. The van der Waals surface area contributed by atoms with E-state index in [1.165, 1.54) is 5.56 Å². The molecule has 2 amide bonds. The molecule has 0 saturated heterocycles. The lowest BCUT2D eigenvalue weighted by Gasteiger charge is -2.22. The molecule has 1 atom stereocenters. The standard InChI is InChI=1S/C21H28N6O/c1-16-12-18(3)27(24-16)13-17(2)23-21(28)25(4)15-20-22-10-11-26(20)14-19-8-6-5-7-9-19/h5-12,17H,13-15H2,1-4H3,(H,23,28)/t17-/m1/s1. The van der Waals surface area contributed by atoms with Gasteiger partial charge in [-0.25, -0.2) is 9.78 Å². The molecule has 2 aromatic heterocycles. The van der Waals surface area contributed by atoms with E-state index >= 15 is 0 Å². The average Bonchev–Trinajstić information content (AvgIpc) is 3.21. The van der Waals surface area contributed by atoms with Crippen LogP contribution in [0.4, 0.5) is 4.79 Å². The Labute approximate surface area is 166 Å². The van der Waals surface area contributed by atoms with E-state index in [0.717, 1.165) is 23.8 Å². The van der Waals surface area contributed by atoms with Gasteiger partial charge in [0.25, 0.3) is 0 Å². The highest BCUT2D eigenvalue weighted by Gasteiger charge is 2.16. The van der Waals surface area contributed by atoms with Gasteiger partial charge in [-0.15, -0.1) is 0 Å². The summed E-state index contributed by atoms with van der Waals surface area (Å²) in [6.07, 6.45) is 3.72. The van der Waals surface area contributed by atoms with Crippen LogP contribution in [0.15, 0.2) is 48.8 Å². The molecule has 3 aromatic rings. The first kappa shape index (κ1) is 19.7. The van der Waals surface area contributed by atoms with Crippen molar-refractivity contribution in [2.75, 3.05) is 7.05 Å². The minimum absolute atomic E-state index is 0.0305. The third-order valence-electron chi connectivity index (χ3n) is 4.64. The van der Waals surface area contributed by atoms with Gasteiger partial charge in [0.05, 0.1) is 18.8 Å². The Morgan fingerprint density at radius 3 is 2.68 bits per heavy atom. The SMILES string of the molecule is Cc1cc(C)n(C[C@@H](C)NC(=O)N(C)Cc2nccn2Cc2ccccc2)n1. The number of carbonyl (C=O) groups is 1. The molecular weight excluding hydrogens is 352 g/mol. The van der Waals surface area contributed by atoms with Crippen LogP contribution in [0.5, 0.6) is 0 Å². The van der Waals surface area contributed by atoms with Gasteiger partial charge >= 0.3 is 6.03 Å². The highest BCUT2D eigenvalue weighted by molar-refractivity contribution is 5.74. The molecule has 0 bridgehead atoms. The van der Waals surface area contributed by atoms with Crippen LogP contribution in [-0.4, -0.2) is 43.4 Å². The molecule has 2 heterocycles. The van der Waals surface area contributed by atoms with Gasteiger partial charge in [-0.2, -0.15) is 5.10 Å². The molecule has 0 aliphatic rings. The minimum atomic E-state index is -0.122. The number of nitrogens with one attached hydrogen (secondary N) is 1. The van der Waals surface area contributed by atoms with Crippen molar-refractivity contribution in [1.82, 2.24) is 29.5 Å². The minimum Gasteiger partial charge on any atom is -0.334 e. The van der Waals surface area contributed by atoms with Gasteiger partial charge in [-0.3, -0.25) is 4.68 Å². The van der Waals surface area contributed by atoms with E-state index in [2.05, 4.69) is 32.1 Å². The summed E-state index contributed by atoms with van der Waals surface area (Å²) in [6, 6.07) is 12.1. The van der Waals surface area contributed by atoms with Crippen LogP contribution in [0.3, 0.4) is 0 Å². The second-order valence-corrected chi connectivity index (χ2v) is 7.27. The summed E-state index contributed by atoms with van der Waals surface area (Å²) in [4.78, 5) is 18.7. The Balaban J connectivity index is 1.56. The molecular formula is C21H28N6O. The lowest BCUT2D eigenvalue weighted by atomic mass is 10.2. The summed E-state index contributed by atoms with van der Waals surface area (Å²) >= 11 is 0. The van der Waals surface area contributed by atoms with Gasteiger partial charge in [0.15, 0.2) is 0 Å². The first-order chi connectivity index (χ1) is 13.4. The van der Waals surface area contributed by atoms with Crippen LogP contribution in [0.2, 0.25) is 0 Å². The molecule has 1 aromatic carbocycles. The third-order valence-corrected chi connectivity index (χ3v) is 4.64. The number of carbonyl (C=O) groups excluding carboxylic acids is 1. The van der Waals surface area contributed by atoms with Crippen molar-refractivity contribution in [3.8, 4) is 0 Å². The predicted molar refractivity (Wildman–Crippen MR) is 109 cm³/mol. The molecule has 0 radical (unpaired) electrons. The number of urea groups is 1.